The van der Waals surface area contributed by atoms with Crippen molar-refractivity contribution in [2.75, 3.05) is 27.3 Å². The molecule has 2 aliphatic carbocycles. The zero-order chi connectivity index (χ0) is 46.7. The van der Waals surface area contributed by atoms with Crippen molar-refractivity contribution >= 4 is 94.3 Å². The largest absolute Gasteiger partial charge is 0.467 e. The smallest absolute Gasteiger partial charge is 0.411 e. The molecule has 352 valence electrons. The first-order valence-corrected chi connectivity index (χ1v) is 24.0. The Morgan fingerprint density at radius 3 is 1.59 bits per heavy atom. The molecule has 23 heteroatoms. The molecule has 0 unspecified atom stereocenters. The van der Waals surface area contributed by atoms with Crippen molar-refractivity contribution < 1.29 is 63.4 Å². The monoisotopic (exact) mass is 1080 g/mol. The number of carbonyl (C=O) groups is 5. The summed E-state index contributed by atoms with van der Waals surface area (Å²) in [4.78, 5) is 64.2. The number of esters is 2. The van der Waals surface area contributed by atoms with Gasteiger partial charge in [-0.1, -0.05) is 44.0 Å². The van der Waals surface area contributed by atoms with Gasteiger partial charge in [0.25, 0.3) is 20.2 Å². The summed E-state index contributed by atoms with van der Waals surface area (Å²) in [6, 6.07) is 10.2. The summed E-state index contributed by atoms with van der Waals surface area (Å²) in [6.45, 7) is 12.4. The van der Waals surface area contributed by atoms with E-state index >= 15 is 0 Å². The first-order chi connectivity index (χ1) is 29.4. The number of hydrogen-bond donors (Lipinski definition) is 3. The topological polar surface area (TPSA) is 239 Å². The molecule has 3 N–H and O–H groups in total. The summed E-state index contributed by atoms with van der Waals surface area (Å²) in [7, 11) is -5.63. The molecule has 2 aliphatic heterocycles. The van der Waals surface area contributed by atoms with Crippen LogP contribution < -0.4 is 16.0 Å². The summed E-state index contributed by atoms with van der Waals surface area (Å²) < 4.78 is 77.5. The van der Waals surface area contributed by atoms with Crippen molar-refractivity contribution in [2.45, 2.75) is 97.2 Å². The van der Waals surface area contributed by atoms with Gasteiger partial charge < -0.3 is 30.2 Å². The third-order valence-electron chi connectivity index (χ3n) is 10.7. The molecule has 0 radical (unpaired) electrons. The minimum absolute atomic E-state index is 0. The number of likely N-dealkylation sites (tertiary alicyclic amines) is 1. The number of amides is 3. The van der Waals surface area contributed by atoms with Gasteiger partial charge in [-0.25, -0.2) is 14.4 Å². The summed E-state index contributed by atoms with van der Waals surface area (Å²) in [5.41, 5.74) is -3.20. The number of rotatable bonds is 14. The second-order valence-electron chi connectivity index (χ2n) is 16.3. The second kappa shape index (κ2) is 20.7. The fraction of sp³-hybridized carbons (Fsp3) is 0.488. The van der Waals surface area contributed by atoms with Gasteiger partial charge in [0.1, 0.15) is 22.7 Å². The van der Waals surface area contributed by atoms with Gasteiger partial charge in [0.2, 0.25) is 11.8 Å². The van der Waals surface area contributed by atoms with Crippen molar-refractivity contribution in [3.8, 4) is 0 Å². The minimum Gasteiger partial charge on any atom is -0.467 e. The van der Waals surface area contributed by atoms with Crippen molar-refractivity contribution in [1.29, 1.82) is 0 Å². The lowest BCUT2D eigenvalue weighted by atomic mass is 10.1. The molecule has 4 fully saturated rings. The highest BCUT2D eigenvalue weighted by atomic mass is 79.9. The zero-order valence-electron chi connectivity index (χ0n) is 35.5. The Kier molecular flexibility index (Phi) is 17.1. The Hall–Kier alpha value is -3.90. The predicted molar refractivity (Wildman–Crippen MR) is 240 cm³/mol. The van der Waals surface area contributed by atoms with Crippen LogP contribution in [0.4, 0.5) is 4.79 Å². The average molecular weight is 1080 g/mol. The van der Waals surface area contributed by atoms with Crippen molar-refractivity contribution in [1.82, 2.24) is 20.9 Å². The minimum atomic E-state index is -4.17. The molecule has 2 saturated carbocycles. The summed E-state index contributed by atoms with van der Waals surface area (Å²) in [5.74, 6) is -2.69. The predicted octanol–water partition coefficient (Wildman–Crippen LogP) is 4.31. The highest BCUT2D eigenvalue weighted by Crippen LogP contribution is 2.46. The fourth-order valence-electron chi connectivity index (χ4n) is 7.26. The normalized spacial score (nSPS) is 27.0. The number of ether oxygens (including phenoxy) is 3. The lowest BCUT2D eigenvalue weighted by molar-refractivity contribution is -0.147. The maximum absolute atomic E-state index is 13.3. The van der Waals surface area contributed by atoms with Crippen LogP contribution in [0.25, 0.3) is 0 Å². The average Bonchev–Trinajstić information content (AvgIpc) is 3.98. The number of hydrogen-bond acceptors (Lipinski definition) is 15. The van der Waals surface area contributed by atoms with E-state index in [1.54, 1.807) is 57.2 Å². The van der Waals surface area contributed by atoms with E-state index in [1.807, 2.05) is 0 Å². The Morgan fingerprint density at radius 1 is 0.750 bits per heavy atom. The molecule has 4 aliphatic rings. The van der Waals surface area contributed by atoms with Gasteiger partial charge in [-0.15, -0.1) is 25.6 Å². The molecular formula is C41H51Br2ClN4O14S2. The Labute approximate surface area is 395 Å². The number of carbonyl (C=O) groups excluding carboxylic acids is 5. The van der Waals surface area contributed by atoms with Gasteiger partial charge in [0.05, 0.1) is 48.8 Å². The Bertz CT molecular complexity index is 2330. The van der Waals surface area contributed by atoms with E-state index in [2.05, 4.69) is 61.0 Å². The fourth-order valence-corrected chi connectivity index (χ4v) is 9.96. The van der Waals surface area contributed by atoms with E-state index in [1.165, 1.54) is 38.5 Å². The molecule has 0 spiro atoms. The van der Waals surface area contributed by atoms with Crippen LogP contribution in [0, 0.1) is 11.8 Å². The summed E-state index contributed by atoms with van der Waals surface area (Å²) in [6.07, 6.45) is 1.46. The molecule has 2 aromatic carbocycles. The molecule has 2 aromatic rings. The number of benzene rings is 2. The Morgan fingerprint density at radius 2 is 1.19 bits per heavy atom. The van der Waals surface area contributed by atoms with Crippen molar-refractivity contribution in [3.05, 3.63) is 82.8 Å². The molecule has 2 heterocycles. The van der Waals surface area contributed by atoms with Gasteiger partial charge in [0, 0.05) is 40.2 Å². The lowest BCUT2D eigenvalue weighted by Gasteiger charge is -2.28. The molecule has 64 heavy (non-hydrogen) atoms. The highest BCUT2D eigenvalue weighted by molar-refractivity contribution is 9.10. The third kappa shape index (κ3) is 12.3. The molecule has 6 rings (SSSR count). The van der Waals surface area contributed by atoms with Crippen LogP contribution in [-0.2, 0) is 62.0 Å². The third-order valence-corrected chi connectivity index (χ3v) is 14.5. The van der Waals surface area contributed by atoms with Gasteiger partial charge >= 0.3 is 18.0 Å². The van der Waals surface area contributed by atoms with Gasteiger partial charge in [-0.2, -0.15) is 16.8 Å². The molecule has 0 aromatic heterocycles. The molecule has 2 saturated heterocycles. The van der Waals surface area contributed by atoms with Crippen molar-refractivity contribution in [3.63, 3.8) is 0 Å². The SMILES string of the molecule is C=C[C@@H]1C[C@]1(NC(=O)[C@@H]1C[C@H](OS(=O)(=O)c2ccc(Br)cc2)CN1)C(=O)OC.C=C[C@@H]1C[C@]1(NC(=O)[C@@H]1C[C@H](OS(=O)(=O)c2ccc(Br)cc2)CN1C(=O)OC(C)(C)C)C(=O)OC.Cl. The highest BCUT2D eigenvalue weighted by Gasteiger charge is 2.63. The van der Waals surface area contributed by atoms with Crippen LogP contribution in [0.1, 0.15) is 46.5 Å². The van der Waals surface area contributed by atoms with E-state index < -0.39 is 91.1 Å². The number of methoxy groups -OCH3 is 2. The van der Waals surface area contributed by atoms with Crippen LogP contribution >= 0.6 is 44.3 Å². The quantitative estimate of drug-likeness (QED) is 0.103. The standard InChI is InChI=1S/C23H29BrN2O8S.C18H21BrN2O6S.ClH/c1-6-14-12-23(14,20(28)32-5)25-19(27)18-11-16(13-26(18)21(29)33-22(2,3)4)34-35(30,31)17-9-7-15(24)8-10-17;1-3-11-9-18(11,17(23)26-2)21-16(22)15-8-13(10-20-15)27-28(24,25)14-6-4-12(19)5-7-14;/h6-10,14,16,18H,1,11-13H2,2-5H3,(H,25,27);3-7,11,13,15,20H,1,8-10H2,2H3,(H,21,22);1H/t14-,16+,18+,23-;11-,13+,15+,18-;/m11./s1. The van der Waals surface area contributed by atoms with Crippen LogP contribution in [-0.4, -0.2) is 120 Å². The summed E-state index contributed by atoms with van der Waals surface area (Å²) in [5, 5.41) is 8.35. The first-order valence-electron chi connectivity index (χ1n) is 19.6. The van der Waals surface area contributed by atoms with Crippen molar-refractivity contribution in [2.24, 2.45) is 11.8 Å². The second-order valence-corrected chi connectivity index (χ2v) is 21.3. The lowest BCUT2D eigenvalue weighted by Crippen LogP contribution is -2.53. The van der Waals surface area contributed by atoms with Crippen LogP contribution in [0.5, 0.6) is 0 Å². The molecule has 8 atom stereocenters. The first kappa shape index (κ1) is 52.7. The van der Waals surface area contributed by atoms with Gasteiger partial charge in [-0.05, 0) is 82.1 Å². The molecule has 18 nitrogen and oxygen atoms in total. The van der Waals surface area contributed by atoms with Gasteiger partial charge in [-0.3, -0.25) is 22.9 Å². The molecular weight excluding hydrogens is 1030 g/mol. The summed E-state index contributed by atoms with van der Waals surface area (Å²) >= 11 is 6.50. The van der Waals surface area contributed by atoms with Gasteiger partial charge in [0.15, 0.2) is 0 Å². The van der Waals surface area contributed by atoms with Crippen LogP contribution in [0.2, 0.25) is 0 Å². The maximum atomic E-state index is 13.3. The Balaban J connectivity index is 0.000000283. The van der Waals surface area contributed by atoms with E-state index in [4.69, 9.17) is 22.6 Å². The molecule has 3 amide bonds. The van der Waals surface area contributed by atoms with E-state index in [0.29, 0.717) is 17.3 Å². The zero-order valence-corrected chi connectivity index (χ0v) is 41.2. The van der Waals surface area contributed by atoms with E-state index in [-0.39, 0.29) is 60.0 Å². The van der Waals surface area contributed by atoms with Crippen LogP contribution in [0.3, 0.4) is 0 Å². The number of halogens is 3. The maximum Gasteiger partial charge on any atom is 0.411 e. The molecule has 0 bridgehead atoms. The number of nitrogens with one attached hydrogen (secondary N) is 3. The van der Waals surface area contributed by atoms with Crippen LogP contribution in [0.15, 0.2) is 92.6 Å². The number of nitrogens with zero attached hydrogens (tertiary/aromatic N) is 1. The van der Waals surface area contributed by atoms with E-state index in [9.17, 15) is 40.8 Å². The van der Waals surface area contributed by atoms with E-state index in [0.717, 1.165) is 9.37 Å².